The summed E-state index contributed by atoms with van der Waals surface area (Å²) < 4.78 is 4.52. The molecule has 0 radical (unpaired) electrons. The van der Waals surface area contributed by atoms with Crippen molar-refractivity contribution in [3.8, 4) is 0 Å². The van der Waals surface area contributed by atoms with E-state index in [9.17, 15) is 9.59 Å². The molecule has 2 N–H and O–H groups in total. The van der Waals surface area contributed by atoms with Crippen LogP contribution in [0.2, 0.25) is 0 Å². The topological polar surface area (TPSA) is 101 Å². The number of carbonyl (C=O) groups is 2. The molecule has 7 heteroatoms. The summed E-state index contributed by atoms with van der Waals surface area (Å²) in [6.07, 6.45) is 3.29. The number of ether oxygens (including phenoxy) is 1. The van der Waals surface area contributed by atoms with E-state index in [0.717, 1.165) is 0 Å². The molecule has 0 bridgehead atoms. The summed E-state index contributed by atoms with van der Waals surface area (Å²) in [5, 5.41) is 11.9. The van der Waals surface area contributed by atoms with Gasteiger partial charge in [-0.15, -0.1) is 0 Å². The maximum Gasteiger partial charge on any atom is 0.341 e. The Morgan fingerprint density at radius 3 is 2.42 bits per heavy atom. The zero-order valence-corrected chi connectivity index (χ0v) is 11.1. The summed E-state index contributed by atoms with van der Waals surface area (Å²) in [5.74, 6) is -1.40. The number of carboxylic acid groups (broad SMARTS) is 1. The standard InChI is InChI=1S/C12H17N3O4/c1-4-7(2)9(10(16)17)15-12-13-5-8(6-14-12)11(18)19-3/h5-7,9H,4H2,1-3H3,(H,16,17)(H,13,14,15)/t7-,9-/m0/s1. The Labute approximate surface area is 111 Å². The molecule has 1 rings (SSSR count). The van der Waals surface area contributed by atoms with Gasteiger partial charge in [0.25, 0.3) is 0 Å². The first-order valence-electron chi connectivity index (χ1n) is 5.89. The van der Waals surface area contributed by atoms with Crippen LogP contribution in [0.1, 0.15) is 30.6 Å². The number of hydrogen-bond acceptors (Lipinski definition) is 6. The van der Waals surface area contributed by atoms with Crippen LogP contribution in [0.4, 0.5) is 5.95 Å². The molecule has 0 aromatic carbocycles. The largest absolute Gasteiger partial charge is 0.480 e. The second-order valence-corrected chi connectivity index (χ2v) is 4.13. The molecular formula is C12H17N3O4. The highest BCUT2D eigenvalue weighted by atomic mass is 16.5. The van der Waals surface area contributed by atoms with Gasteiger partial charge >= 0.3 is 11.9 Å². The van der Waals surface area contributed by atoms with Crippen molar-refractivity contribution in [2.45, 2.75) is 26.3 Å². The number of carboxylic acids is 1. The molecule has 0 aliphatic rings. The van der Waals surface area contributed by atoms with Gasteiger partial charge in [0.1, 0.15) is 6.04 Å². The molecule has 104 valence electrons. The highest BCUT2D eigenvalue weighted by molar-refractivity contribution is 5.88. The fourth-order valence-corrected chi connectivity index (χ4v) is 1.45. The summed E-state index contributed by atoms with van der Waals surface area (Å²) in [4.78, 5) is 30.1. The van der Waals surface area contributed by atoms with Gasteiger partial charge in [-0.1, -0.05) is 20.3 Å². The normalized spacial score (nSPS) is 13.4. The predicted molar refractivity (Wildman–Crippen MR) is 67.9 cm³/mol. The van der Waals surface area contributed by atoms with Crippen molar-refractivity contribution in [2.75, 3.05) is 12.4 Å². The molecule has 0 fully saturated rings. The Kier molecular flexibility index (Phi) is 5.23. The molecule has 0 aliphatic heterocycles. The number of carbonyl (C=O) groups excluding carboxylic acids is 1. The van der Waals surface area contributed by atoms with E-state index in [4.69, 9.17) is 5.11 Å². The van der Waals surface area contributed by atoms with Gasteiger partial charge in [-0.2, -0.15) is 0 Å². The third kappa shape index (κ3) is 3.90. The minimum atomic E-state index is -0.963. The fourth-order valence-electron chi connectivity index (χ4n) is 1.45. The first-order valence-corrected chi connectivity index (χ1v) is 5.89. The van der Waals surface area contributed by atoms with E-state index >= 15 is 0 Å². The molecule has 0 aliphatic carbocycles. The van der Waals surface area contributed by atoms with E-state index in [-0.39, 0.29) is 17.4 Å². The average molecular weight is 267 g/mol. The smallest absolute Gasteiger partial charge is 0.341 e. The molecule has 0 amide bonds. The highest BCUT2D eigenvalue weighted by Crippen LogP contribution is 2.12. The molecule has 1 heterocycles. The van der Waals surface area contributed by atoms with Crippen LogP contribution in [0.25, 0.3) is 0 Å². The second-order valence-electron chi connectivity index (χ2n) is 4.13. The van der Waals surface area contributed by atoms with Crippen LogP contribution in [0, 0.1) is 5.92 Å². The summed E-state index contributed by atoms with van der Waals surface area (Å²) in [5.41, 5.74) is 0.212. The summed E-state index contributed by atoms with van der Waals surface area (Å²) in [7, 11) is 1.26. The number of nitrogens with zero attached hydrogens (tertiary/aromatic N) is 2. The molecule has 0 saturated heterocycles. The van der Waals surface area contributed by atoms with Crippen molar-refractivity contribution in [3.63, 3.8) is 0 Å². The fraction of sp³-hybridized carbons (Fsp3) is 0.500. The van der Waals surface area contributed by atoms with Crippen molar-refractivity contribution >= 4 is 17.9 Å². The van der Waals surface area contributed by atoms with Crippen LogP contribution >= 0.6 is 0 Å². The first-order chi connectivity index (χ1) is 8.99. The number of anilines is 1. The van der Waals surface area contributed by atoms with E-state index in [0.29, 0.717) is 6.42 Å². The van der Waals surface area contributed by atoms with E-state index in [1.807, 2.05) is 13.8 Å². The average Bonchev–Trinajstić information content (AvgIpc) is 2.43. The van der Waals surface area contributed by atoms with Gasteiger partial charge in [-0.05, 0) is 5.92 Å². The van der Waals surface area contributed by atoms with Crippen LogP contribution in [0.15, 0.2) is 12.4 Å². The molecular weight excluding hydrogens is 250 g/mol. The van der Waals surface area contributed by atoms with Gasteiger partial charge in [-0.25, -0.2) is 19.6 Å². The lowest BCUT2D eigenvalue weighted by molar-refractivity contribution is -0.139. The van der Waals surface area contributed by atoms with Crippen molar-refractivity contribution in [1.29, 1.82) is 0 Å². The van der Waals surface area contributed by atoms with Crippen molar-refractivity contribution in [3.05, 3.63) is 18.0 Å². The lowest BCUT2D eigenvalue weighted by Gasteiger charge is -2.19. The second kappa shape index (κ2) is 6.67. The Morgan fingerprint density at radius 1 is 1.42 bits per heavy atom. The van der Waals surface area contributed by atoms with Crippen LogP contribution < -0.4 is 5.32 Å². The van der Waals surface area contributed by atoms with E-state index < -0.39 is 18.0 Å². The molecule has 7 nitrogen and oxygen atoms in total. The predicted octanol–water partition coefficient (Wildman–Crippen LogP) is 1.17. The number of methoxy groups -OCH3 is 1. The Balaban J connectivity index is 2.81. The first kappa shape index (κ1) is 14.9. The van der Waals surface area contributed by atoms with Crippen LogP contribution in [0.5, 0.6) is 0 Å². The van der Waals surface area contributed by atoms with Crippen molar-refractivity contribution in [2.24, 2.45) is 5.92 Å². The molecule has 1 aromatic heterocycles. The molecule has 1 aromatic rings. The number of esters is 1. The number of rotatable bonds is 6. The van der Waals surface area contributed by atoms with Crippen molar-refractivity contribution < 1.29 is 19.4 Å². The van der Waals surface area contributed by atoms with E-state index in [1.54, 1.807) is 0 Å². The number of aromatic nitrogens is 2. The molecule has 0 unspecified atom stereocenters. The summed E-state index contributed by atoms with van der Waals surface area (Å²) >= 11 is 0. The summed E-state index contributed by atoms with van der Waals surface area (Å²) in [6, 6.07) is -0.769. The highest BCUT2D eigenvalue weighted by Gasteiger charge is 2.24. The lowest BCUT2D eigenvalue weighted by atomic mass is 9.99. The summed E-state index contributed by atoms with van der Waals surface area (Å²) in [6.45, 7) is 3.73. The Hall–Kier alpha value is -2.18. The van der Waals surface area contributed by atoms with Crippen LogP contribution in [-0.4, -0.2) is 40.2 Å². The third-order valence-corrected chi connectivity index (χ3v) is 2.84. The number of hydrogen-bond donors (Lipinski definition) is 2. The quantitative estimate of drug-likeness (QED) is 0.746. The van der Waals surface area contributed by atoms with Gasteiger partial charge in [0.15, 0.2) is 0 Å². The minimum absolute atomic E-state index is 0.0682. The Bertz CT molecular complexity index is 447. The van der Waals surface area contributed by atoms with Crippen molar-refractivity contribution in [1.82, 2.24) is 9.97 Å². The number of nitrogens with one attached hydrogen (secondary N) is 1. The van der Waals surface area contributed by atoms with Gasteiger partial charge < -0.3 is 15.2 Å². The van der Waals surface area contributed by atoms with Crippen LogP contribution in [-0.2, 0) is 9.53 Å². The monoisotopic (exact) mass is 267 g/mol. The van der Waals surface area contributed by atoms with Gasteiger partial charge in [0.2, 0.25) is 5.95 Å². The maximum absolute atomic E-state index is 11.2. The minimum Gasteiger partial charge on any atom is -0.480 e. The van der Waals surface area contributed by atoms with Gasteiger partial charge in [0, 0.05) is 12.4 Å². The molecule has 2 atom stereocenters. The van der Waals surface area contributed by atoms with Gasteiger partial charge in [-0.3, -0.25) is 0 Å². The SMILES string of the molecule is CC[C@H](C)[C@H](Nc1ncc(C(=O)OC)cn1)C(=O)O. The molecule has 19 heavy (non-hydrogen) atoms. The molecule has 0 saturated carbocycles. The van der Waals surface area contributed by atoms with Crippen LogP contribution in [0.3, 0.4) is 0 Å². The number of aliphatic carboxylic acids is 1. The maximum atomic E-state index is 11.2. The Morgan fingerprint density at radius 2 is 2.00 bits per heavy atom. The third-order valence-electron chi connectivity index (χ3n) is 2.84. The molecule has 0 spiro atoms. The zero-order valence-electron chi connectivity index (χ0n) is 11.1. The zero-order chi connectivity index (χ0) is 14.4. The van der Waals surface area contributed by atoms with Gasteiger partial charge in [0.05, 0.1) is 12.7 Å². The van der Waals surface area contributed by atoms with E-state index in [2.05, 4.69) is 20.0 Å². The lowest BCUT2D eigenvalue weighted by Crippen LogP contribution is -2.36. The van der Waals surface area contributed by atoms with E-state index in [1.165, 1.54) is 19.5 Å².